The fourth-order valence-electron chi connectivity index (χ4n) is 1.68. The maximum atomic E-state index is 5.39. The van der Waals surface area contributed by atoms with E-state index in [2.05, 4.69) is 27.2 Å². The average molecular weight is 306 g/mol. The number of aryl methyl sites for hydroxylation is 1. The molecule has 0 saturated heterocycles. The third kappa shape index (κ3) is 2.78. The number of oxazole rings is 1. The Kier molecular flexibility index (Phi) is 3.88. The molecule has 0 spiro atoms. The lowest BCUT2D eigenvalue weighted by Crippen LogP contribution is -2.04. The third-order valence-electron chi connectivity index (χ3n) is 2.61. The molecule has 0 bridgehead atoms. The van der Waals surface area contributed by atoms with E-state index in [0.29, 0.717) is 11.2 Å². The van der Waals surface area contributed by atoms with Crippen molar-refractivity contribution in [3.8, 4) is 0 Å². The Hall–Kier alpha value is -1.60. The Balaban J connectivity index is 1.96. The monoisotopic (exact) mass is 306 g/mol. The van der Waals surface area contributed by atoms with Crippen LogP contribution in [0.25, 0.3) is 10.2 Å². The summed E-state index contributed by atoms with van der Waals surface area (Å²) in [5.41, 5.74) is 0.868. The third-order valence-corrected chi connectivity index (χ3v) is 4.28. The number of hydrogen-bond donors (Lipinski definition) is 1. The van der Waals surface area contributed by atoms with Crippen LogP contribution < -0.4 is 5.32 Å². The largest absolute Gasteiger partial charge is 0.439 e. The zero-order valence-electron chi connectivity index (χ0n) is 11.2. The van der Waals surface area contributed by atoms with Crippen LogP contribution in [0.15, 0.2) is 32.4 Å². The van der Waals surface area contributed by atoms with E-state index in [1.807, 2.05) is 18.4 Å². The first-order chi connectivity index (χ1) is 9.76. The highest BCUT2D eigenvalue weighted by Gasteiger charge is 2.13. The summed E-state index contributed by atoms with van der Waals surface area (Å²) in [4.78, 5) is 14.4. The van der Waals surface area contributed by atoms with E-state index >= 15 is 0 Å². The molecule has 3 aromatic heterocycles. The molecule has 20 heavy (non-hydrogen) atoms. The number of nitrogens with one attached hydrogen (secondary N) is 1. The first-order valence-corrected chi connectivity index (χ1v) is 8.05. The van der Waals surface area contributed by atoms with Gasteiger partial charge in [-0.15, -0.1) is 11.3 Å². The van der Waals surface area contributed by atoms with Gasteiger partial charge in [-0.2, -0.15) is 0 Å². The lowest BCUT2D eigenvalue weighted by atomic mass is 10.4. The van der Waals surface area contributed by atoms with E-state index in [1.165, 1.54) is 11.8 Å². The molecule has 7 heteroatoms. The molecular weight excluding hydrogens is 292 g/mol. The summed E-state index contributed by atoms with van der Waals surface area (Å²) in [6.07, 6.45) is 2.68. The molecule has 0 aliphatic heterocycles. The van der Waals surface area contributed by atoms with Crippen molar-refractivity contribution < 1.29 is 4.42 Å². The van der Waals surface area contributed by atoms with Gasteiger partial charge in [-0.1, -0.05) is 6.92 Å². The maximum Gasteiger partial charge on any atom is 0.262 e. The van der Waals surface area contributed by atoms with Gasteiger partial charge in [0.1, 0.15) is 16.1 Å². The van der Waals surface area contributed by atoms with E-state index in [0.717, 1.165) is 33.9 Å². The minimum atomic E-state index is 0.607. The highest BCUT2D eigenvalue weighted by Crippen LogP contribution is 2.33. The van der Waals surface area contributed by atoms with E-state index < -0.39 is 0 Å². The fraction of sp³-hybridized carbons (Fsp3) is 0.308. The second kappa shape index (κ2) is 5.80. The number of hydrogen-bond acceptors (Lipinski definition) is 7. The van der Waals surface area contributed by atoms with Crippen LogP contribution in [0.2, 0.25) is 0 Å². The molecule has 0 unspecified atom stereocenters. The Labute approximate surface area is 124 Å². The van der Waals surface area contributed by atoms with E-state index in [4.69, 9.17) is 4.42 Å². The highest BCUT2D eigenvalue weighted by atomic mass is 32.2. The molecule has 3 rings (SSSR count). The summed E-state index contributed by atoms with van der Waals surface area (Å²) in [7, 11) is 0. The van der Waals surface area contributed by atoms with Crippen LogP contribution in [0, 0.1) is 6.92 Å². The van der Waals surface area contributed by atoms with E-state index in [-0.39, 0.29) is 0 Å². The summed E-state index contributed by atoms with van der Waals surface area (Å²) in [6, 6.07) is 2.03. The Morgan fingerprint density at radius 2 is 2.25 bits per heavy atom. The van der Waals surface area contributed by atoms with Crippen molar-refractivity contribution in [2.45, 2.75) is 30.5 Å². The number of thiophene rings is 1. The summed E-state index contributed by atoms with van der Waals surface area (Å²) in [6.45, 7) is 4.88. The molecule has 3 aromatic rings. The molecule has 0 saturated carbocycles. The normalized spacial score (nSPS) is 11.1. The maximum absolute atomic E-state index is 5.39. The lowest BCUT2D eigenvalue weighted by Gasteiger charge is -2.05. The first-order valence-electron chi connectivity index (χ1n) is 6.35. The molecule has 3 heterocycles. The van der Waals surface area contributed by atoms with Crippen LogP contribution in [0.1, 0.15) is 19.0 Å². The highest BCUT2D eigenvalue weighted by molar-refractivity contribution is 7.99. The molecule has 0 aromatic carbocycles. The Bertz CT molecular complexity index is 722. The lowest BCUT2D eigenvalue weighted by molar-refractivity contribution is 0.454. The fourth-order valence-corrected chi connectivity index (χ4v) is 3.37. The molecule has 0 atom stereocenters. The number of anilines is 1. The second-order valence-electron chi connectivity index (χ2n) is 4.28. The van der Waals surface area contributed by atoms with Gasteiger partial charge in [0.05, 0.1) is 5.69 Å². The number of nitrogens with zero attached hydrogens (tertiary/aromatic N) is 3. The molecule has 0 radical (unpaired) electrons. The van der Waals surface area contributed by atoms with Gasteiger partial charge in [0.2, 0.25) is 5.95 Å². The molecule has 1 N–H and O–H groups in total. The van der Waals surface area contributed by atoms with E-state index in [9.17, 15) is 0 Å². The van der Waals surface area contributed by atoms with Crippen LogP contribution in [0.5, 0.6) is 0 Å². The average Bonchev–Trinajstić information content (AvgIpc) is 3.05. The summed E-state index contributed by atoms with van der Waals surface area (Å²) >= 11 is 3.04. The van der Waals surface area contributed by atoms with Crippen molar-refractivity contribution in [3.63, 3.8) is 0 Å². The minimum Gasteiger partial charge on any atom is -0.439 e. The minimum absolute atomic E-state index is 0.607. The standard InChI is InChI=1S/C13H14N4OS2/c1-3-5-14-12-16-10-9(4-6-19-10)11(17-12)20-13-15-8(2)7-18-13/h4,6-7H,3,5H2,1-2H3,(H,14,16,17). The first kappa shape index (κ1) is 13.4. The molecular formula is C13H14N4OS2. The van der Waals surface area contributed by atoms with Crippen LogP contribution in [0.3, 0.4) is 0 Å². The number of aromatic nitrogens is 3. The van der Waals surface area contributed by atoms with Gasteiger partial charge < -0.3 is 9.73 Å². The zero-order valence-corrected chi connectivity index (χ0v) is 12.8. The molecule has 0 fully saturated rings. The van der Waals surface area contributed by atoms with Gasteiger partial charge in [0.25, 0.3) is 5.22 Å². The van der Waals surface area contributed by atoms with Crippen molar-refractivity contribution in [3.05, 3.63) is 23.4 Å². The van der Waals surface area contributed by atoms with Gasteiger partial charge >= 0.3 is 0 Å². The Morgan fingerprint density at radius 1 is 1.35 bits per heavy atom. The second-order valence-corrected chi connectivity index (χ2v) is 6.11. The molecule has 5 nitrogen and oxygen atoms in total. The quantitative estimate of drug-likeness (QED) is 0.720. The summed E-state index contributed by atoms with van der Waals surface area (Å²) in [5.74, 6) is 0.660. The van der Waals surface area contributed by atoms with Gasteiger partial charge in [-0.3, -0.25) is 0 Å². The predicted molar refractivity (Wildman–Crippen MR) is 81.6 cm³/mol. The number of rotatable bonds is 5. The predicted octanol–water partition coefficient (Wildman–Crippen LogP) is 3.96. The zero-order chi connectivity index (χ0) is 13.9. The van der Waals surface area contributed by atoms with Crippen LogP contribution in [-0.4, -0.2) is 21.5 Å². The molecule has 0 amide bonds. The van der Waals surface area contributed by atoms with Gasteiger partial charge in [-0.25, -0.2) is 15.0 Å². The van der Waals surface area contributed by atoms with Gasteiger partial charge in [0, 0.05) is 11.9 Å². The van der Waals surface area contributed by atoms with Gasteiger partial charge in [0.15, 0.2) is 0 Å². The van der Waals surface area contributed by atoms with Crippen LogP contribution >= 0.6 is 23.1 Å². The summed E-state index contributed by atoms with van der Waals surface area (Å²) < 4.78 is 5.39. The van der Waals surface area contributed by atoms with Crippen molar-refractivity contribution in [2.24, 2.45) is 0 Å². The van der Waals surface area contributed by atoms with Crippen LogP contribution in [-0.2, 0) is 0 Å². The van der Waals surface area contributed by atoms with Crippen molar-refractivity contribution in [1.29, 1.82) is 0 Å². The molecule has 0 aliphatic carbocycles. The van der Waals surface area contributed by atoms with Crippen molar-refractivity contribution in [1.82, 2.24) is 15.0 Å². The van der Waals surface area contributed by atoms with Crippen LogP contribution in [0.4, 0.5) is 5.95 Å². The molecule has 104 valence electrons. The summed E-state index contributed by atoms with van der Waals surface area (Å²) in [5, 5.41) is 7.77. The van der Waals surface area contributed by atoms with Crippen molar-refractivity contribution >= 4 is 39.3 Å². The Morgan fingerprint density at radius 3 is 3.00 bits per heavy atom. The smallest absolute Gasteiger partial charge is 0.262 e. The van der Waals surface area contributed by atoms with E-state index in [1.54, 1.807) is 17.6 Å². The SMILES string of the molecule is CCCNc1nc(Sc2nc(C)co2)c2ccsc2n1. The number of fused-ring (bicyclic) bond motifs is 1. The molecule has 0 aliphatic rings. The van der Waals surface area contributed by atoms with Crippen molar-refractivity contribution in [2.75, 3.05) is 11.9 Å². The topological polar surface area (TPSA) is 63.8 Å². The van der Waals surface area contributed by atoms with Gasteiger partial charge in [-0.05, 0) is 36.6 Å².